The number of carboxylic acid groups (broad SMARTS) is 1. The van der Waals surface area contributed by atoms with Gasteiger partial charge in [-0.1, -0.05) is 12.8 Å². The zero-order chi connectivity index (χ0) is 14.1. The number of hydrogen-bond donors (Lipinski definition) is 2. The van der Waals surface area contributed by atoms with Gasteiger partial charge in [-0.15, -0.1) is 5.10 Å². The van der Waals surface area contributed by atoms with Gasteiger partial charge < -0.3 is 10.8 Å². The van der Waals surface area contributed by atoms with Gasteiger partial charge in [0.05, 0.1) is 16.9 Å². The molecule has 3 N–H and O–H groups in total. The van der Waals surface area contributed by atoms with E-state index in [9.17, 15) is 4.79 Å². The van der Waals surface area contributed by atoms with Gasteiger partial charge in [0.15, 0.2) is 5.82 Å². The molecule has 0 saturated heterocycles. The SMILES string of the molecule is Nc1cc(C(=O)O)ccc1-n1nnnc1C1CCCC1. The van der Waals surface area contributed by atoms with Crippen LogP contribution in [0.5, 0.6) is 0 Å². The molecule has 0 atom stereocenters. The van der Waals surface area contributed by atoms with E-state index in [-0.39, 0.29) is 5.56 Å². The fourth-order valence-electron chi connectivity index (χ4n) is 2.68. The van der Waals surface area contributed by atoms with Crippen LogP contribution in [-0.4, -0.2) is 31.3 Å². The summed E-state index contributed by atoms with van der Waals surface area (Å²) in [6.45, 7) is 0. The predicted molar refractivity (Wildman–Crippen MR) is 71.7 cm³/mol. The maximum absolute atomic E-state index is 10.9. The number of aromatic carboxylic acids is 1. The highest BCUT2D eigenvalue weighted by Crippen LogP contribution is 2.34. The number of carboxylic acids is 1. The van der Waals surface area contributed by atoms with Crippen molar-refractivity contribution in [3.8, 4) is 5.69 Å². The number of nitrogens with zero attached hydrogens (tertiary/aromatic N) is 4. The molecule has 3 rings (SSSR count). The molecule has 1 aliphatic carbocycles. The van der Waals surface area contributed by atoms with Crippen LogP contribution in [0.2, 0.25) is 0 Å². The number of carbonyl (C=O) groups is 1. The lowest BCUT2D eigenvalue weighted by Gasteiger charge is -2.11. The van der Waals surface area contributed by atoms with E-state index < -0.39 is 5.97 Å². The standard InChI is InChI=1S/C13H15N5O2/c14-10-7-9(13(19)20)5-6-11(10)18-12(15-16-17-18)8-3-1-2-4-8/h5-8H,1-4,14H2,(H,19,20). The lowest BCUT2D eigenvalue weighted by molar-refractivity contribution is 0.0697. The number of tetrazole rings is 1. The highest BCUT2D eigenvalue weighted by Gasteiger charge is 2.24. The summed E-state index contributed by atoms with van der Waals surface area (Å²) in [5.74, 6) is 0.150. The maximum Gasteiger partial charge on any atom is 0.335 e. The first-order valence-corrected chi connectivity index (χ1v) is 6.58. The van der Waals surface area contributed by atoms with Crippen LogP contribution in [0.1, 0.15) is 47.8 Å². The number of nitrogens with two attached hydrogens (primary N) is 1. The second-order valence-corrected chi connectivity index (χ2v) is 5.01. The number of benzene rings is 1. The van der Waals surface area contributed by atoms with Crippen molar-refractivity contribution in [2.45, 2.75) is 31.6 Å². The quantitative estimate of drug-likeness (QED) is 0.822. The van der Waals surface area contributed by atoms with Crippen LogP contribution in [0.4, 0.5) is 5.69 Å². The van der Waals surface area contributed by atoms with Crippen molar-refractivity contribution in [3.05, 3.63) is 29.6 Å². The topological polar surface area (TPSA) is 107 Å². The van der Waals surface area contributed by atoms with Crippen molar-refractivity contribution in [2.24, 2.45) is 0 Å². The molecule has 1 saturated carbocycles. The highest BCUT2D eigenvalue weighted by atomic mass is 16.4. The second-order valence-electron chi connectivity index (χ2n) is 5.01. The average Bonchev–Trinajstić information content (AvgIpc) is 3.09. The summed E-state index contributed by atoms with van der Waals surface area (Å²) in [6.07, 6.45) is 4.52. The van der Waals surface area contributed by atoms with Crippen molar-refractivity contribution < 1.29 is 9.90 Å². The van der Waals surface area contributed by atoms with E-state index in [1.54, 1.807) is 10.7 Å². The van der Waals surface area contributed by atoms with Gasteiger partial charge >= 0.3 is 5.97 Å². The van der Waals surface area contributed by atoms with Crippen LogP contribution in [-0.2, 0) is 0 Å². The highest BCUT2D eigenvalue weighted by molar-refractivity contribution is 5.89. The zero-order valence-electron chi connectivity index (χ0n) is 10.9. The van der Waals surface area contributed by atoms with E-state index in [2.05, 4.69) is 15.5 Å². The van der Waals surface area contributed by atoms with E-state index >= 15 is 0 Å². The molecule has 2 aromatic rings. The molecule has 1 aliphatic rings. The Balaban J connectivity index is 2.01. The summed E-state index contributed by atoms with van der Waals surface area (Å²) in [5.41, 5.74) is 7.08. The molecule has 0 radical (unpaired) electrons. The van der Waals surface area contributed by atoms with Gasteiger partial charge in [0, 0.05) is 5.92 Å². The third kappa shape index (κ3) is 2.11. The first-order valence-electron chi connectivity index (χ1n) is 6.58. The van der Waals surface area contributed by atoms with Gasteiger partial charge in [0.1, 0.15) is 0 Å². The van der Waals surface area contributed by atoms with Crippen LogP contribution < -0.4 is 5.73 Å². The third-order valence-corrected chi connectivity index (χ3v) is 3.72. The minimum absolute atomic E-state index is 0.154. The summed E-state index contributed by atoms with van der Waals surface area (Å²) in [5, 5.41) is 20.8. The van der Waals surface area contributed by atoms with Gasteiger partial charge in [-0.25, -0.2) is 4.79 Å². The van der Waals surface area contributed by atoms with Crippen molar-refractivity contribution in [2.75, 3.05) is 5.73 Å². The molecule has 104 valence electrons. The Morgan fingerprint density at radius 1 is 1.35 bits per heavy atom. The van der Waals surface area contributed by atoms with Crippen LogP contribution in [0.3, 0.4) is 0 Å². The Morgan fingerprint density at radius 3 is 2.75 bits per heavy atom. The summed E-state index contributed by atoms with van der Waals surface area (Å²) in [4.78, 5) is 10.9. The van der Waals surface area contributed by atoms with E-state index in [0.717, 1.165) is 18.7 Å². The van der Waals surface area contributed by atoms with Gasteiger partial charge in [0.25, 0.3) is 0 Å². The number of hydrogen-bond acceptors (Lipinski definition) is 5. The summed E-state index contributed by atoms with van der Waals surface area (Å²) < 4.78 is 1.62. The first-order chi connectivity index (χ1) is 9.66. The summed E-state index contributed by atoms with van der Waals surface area (Å²) >= 11 is 0. The summed E-state index contributed by atoms with van der Waals surface area (Å²) in [7, 11) is 0. The molecule has 0 aliphatic heterocycles. The molecular weight excluding hydrogens is 258 g/mol. The molecular formula is C13H15N5O2. The number of aromatic nitrogens is 4. The first kappa shape index (κ1) is 12.6. The Hall–Kier alpha value is -2.44. The molecule has 1 aromatic heterocycles. The zero-order valence-corrected chi connectivity index (χ0v) is 10.9. The number of rotatable bonds is 3. The van der Waals surface area contributed by atoms with Gasteiger partial charge in [-0.05, 0) is 41.5 Å². The Bertz CT molecular complexity index is 646. The van der Waals surface area contributed by atoms with Gasteiger partial charge in [-0.2, -0.15) is 4.68 Å². The molecule has 20 heavy (non-hydrogen) atoms. The van der Waals surface area contributed by atoms with E-state index in [4.69, 9.17) is 10.8 Å². The minimum atomic E-state index is -1.00. The normalized spacial score (nSPS) is 15.6. The monoisotopic (exact) mass is 273 g/mol. The fraction of sp³-hybridized carbons (Fsp3) is 0.385. The van der Waals surface area contributed by atoms with Crippen LogP contribution in [0.25, 0.3) is 5.69 Å². The third-order valence-electron chi connectivity index (χ3n) is 3.72. The molecule has 0 amide bonds. The largest absolute Gasteiger partial charge is 0.478 e. The predicted octanol–water partition coefficient (Wildman–Crippen LogP) is 1.60. The number of anilines is 1. The maximum atomic E-state index is 10.9. The molecule has 7 nitrogen and oxygen atoms in total. The molecule has 0 unspecified atom stereocenters. The van der Waals surface area contributed by atoms with Crippen molar-refractivity contribution in [1.29, 1.82) is 0 Å². The lowest BCUT2D eigenvalue weighted by Crippen LogP contribution is -2.10. The smallest absolute Gasteiger partial charge is 0.335 e. The van der Waals surface area contributed by atoms with E-state index in [0.29, 0.717) is 17.3 Å². The lowest BCUT2D eigenvalue weighted by atomic mass is 10.1. The summed E-state index contributed by atoms with van der Waals surface area (Å²) in [6, 6.07) is 4.58. The second kappa shape index (κ2) is 4.92. The molecule has 0 bridgehead atoms. The average molecular weight is 273 g/mol. The molecule has 1 fully saturated rings. The minimum Gasteiger partial charge on any atom is -0.478 e. The van der Waals surface area contributed by atoms with E-state index in [1.165, 1.54) is 25.0 Å². The van der Waals surface area contributed by atoms with E-state index in [1.807, 2.05) is 0 Å². The van der Waals surface area contributed by atoms with Crippen molar-refractivity contribution >= 4 is 11.7 Å². The Labute approximate surface area is 115 Å². The van der Waals surface area contributed by atoms with Crippen molar-refractivity contribution in [1.82, 2.24) is 20.2 Å². The van der Waals surface area contributed by atoms with Crippen molar-refractivity contribution in [3.63, 3.8) is 0 Å². The Kier molecular flexibility index (Phi) is 3.09. The fourth-order valence-corrected chi connectivity index (χ4v) is 2.68. The molecule has 1 heterocycles. The molecule has 1 aromatic carbocycles. The molecule has 0 spiro atoms. The Morgan fingerprint density at radius 2 is 2.10 bits per heavy atom. The van der Waals surface area contributed by atoms with Crippen LogP contribution >= 0.6 is 0 Å². The van der Waals surface area contributed by atoms with Gasteiger partial charge in [-0.3, -0.25) is 0 Å². The van der Waals surface area contributed by atoms with Gasteiger partial charge in [0.2, 0.25) is 0 Å². The van der Waals surface area contributed by atoms with Crippen LogP contribution in [0, 0.1) is 0 Å². The van der Waals surface area contributed by atoms with Crippen LogP contribution in [0.15, 0.2) is 18.2 Å². The molecule has 7 heteroatoms. The number of nitrogen functional groups attached to an aromatic ring is 1.